The number of sulfonamides is 1. The van der Waals surface area contributed by atoms with Crippen LogP contribution >= 0.6 is 0 Å². The molecule has 0 aliphatic heterocycles. The highest BCUT2D eigenvalue weighted by Gasteiger charge is 2.22. The molecule has 1 aromatic carbocycles. The van der Waals surface area contributed by atoms with Gasteiger partial charge in [0.05, 0.1) is 5.69 Å². The average Bonchev–Trinajstić information content (AvgIpc) is 2.27. The van der Waals surface area contributed by atoms with Gasteiger partial charge >= 0.3 is 0 Å². The van der Waals surface area contributed by atoms with Crippen LogP contribution in [0.3, 0.4) is 0 Å². The van der Waals surface area contributed by atoms with Gasteiger partial charge in [-0.3, -0.25) is 4.21 Å². The molecule has 0 aliphatic carbocycles. The Morgan fingerprint density at radius 3 is 2.63 bits per heavy atom. The quantitative estimate of drug-likeness (QED) is 0.762. The lowest BCUT2D eigenvalue weighted by molar-refractivity contribution is 0.556. The fraction of sp³-hybridized carbons (Fsp3) is 0.455. The Hall–Kier alpha value is -0.990. The molecule has 0 heterocycles. The maximum atomic E-state index is 13.5. The Balaban J connectivity index is 2.80. The van der Waals surface area contributed by atoms with Crippen molar-refractivity contribution in [3.63, 3.8) is 0 Å². The van der Waals surface area contributed by atoms with Crippen LogP contribution in [0.15, 0.2) is 23.1 Å². The van der Waals surface area contributed by atoms with Crippen LogP contribution in [-0.4, -0.2) is 30.7 Å². The zero-order chi connectivity index (χ0) is 14.6. The van der Waals surface area contributed by atoms with Crippen molar-refractivity contribution in [3.8, 4) is 0 Å². The van der Waals surface area contributed by atoms with Gasteiger partial charge in [0.1, 0.15) is 10.7 Å². The van der Waals surface area contributed by atoms with E-state index in [1.54, 1.807) is 13.2 Å². The van der Waals surface area contributed by atoms with Gasteiger partial charge in [0.25, 0.3) is 0 Å². The average molecular weight is 308 g/mol. The van der Waals surface area contributed by atoms with Gasteiger partial charge in [0.15, 0.2) is 0 Å². The second-order valence-electron chi connectivity index (χ2n) is 4.15. The van der Waals surface area contributed by atoms with Crippen molar-refractivity contribution in [3.05, 3.63) is 24.0 Å². The molecule has 0 saturated carbocycles. The predicted molar refractivity (Wildman–Crippen MR) is 74.1 cm³/mol. The van der Waals surface area contributed by atoms with Crippen molar-refractivity contribution in [1.29, 1.82) is 0 Å². The molecular formula is C11H17FN2O3S2. The monoisotopic (exact) mass is 308 g/mol. The molecule has 0 fully saturated rings. The lowest BCUT2D eigenvalue weighted by atomic mass is 10.3. The molecule has 0 aromatic heterocycles. The van der Waals surface area contributed by atoms with E-state index in [1.807, 2.05) is 0 Å². The number of anilines is 1. The molecular weight excluding hydrogens is 291 g/mol. The molecule has 0 radical (unpaired) electrons. The Morgan fingerprint density at radius 1 is 1.47 bits per heavy atom. The Kier molecular flexibility index (Phi) is 5.45. The summed E-state index contributed by atoms with van der Waals surface area (Å²) in [4.78, 5) is -0.541. The van der Waals surface area contributed by atoms with Crippen molar-refractivity contribution in [2.45, 2.75) is 23.5 Å². The van der Waals surface area contributed by atoms with Crippen molar-refractivity contribution in [1.82, 2.24) is 4.72 Å². The molecule has 19 heavy (non-hydrogen) atoms. The van der Waals surface area contributed by atoms with E-state index in [-0.39, 0.29) is 17.5 Å². The summed E-state index contributed by atoms with van der Waals surface area (Å²) in [5.41, 5.74) is 5.34. The zero-order valence-electron chi connectivity index (χ0n) is 10.7. The summed E-state index contributed by atoms with van der Waals surface area (Å²) in [5, 5.41) is -0.138. The zero-order valence-corrected chi connectivity index (χ0v) is 12.4. The predicted octanol–water partition coefficient (Wildman–Crippen LogP) is 0.843. The second-order valence-corrected chi connectivity index (χ2v) is 7.66. The molecule has 5 nitrogen and oxygen atoms in total. The van der Waals surface area contributed by atoms with Crippen LogP contribution in [0, 0.1) is 5.82 Å². The molecule has 0 bridgehead atoms. The van der Waals surface area contributed by atoms with Gasteiger partial charge < -0.3 is 5.73 Å². The number of nitrogens with two attached hydrogens (primary N) is 1. The summed E-state index contributed by atoms with van der Waals surface area (Å²) in [7, 11) is -5.02. The minimum absolute atomic E-state index is 0.0802. The molecule has 1 rings (SSSR count). The van der Waals surface area contributed by atoms with Crippen molar-refractivity contribution in [2.75, 3.05) is 18.5 Å². The maximum Gasteiger partial charge on any atom is 0.245 e. The van der Waals surface area contributed by atoms with E-state index >= 15 is 0 Å². The number of hydrogen-bond donors (Lipinski definition) is 2. The first-order valence-electron chi connectivity index (χ1n) is 5.61. The first kappa shape index (κ1) is 16.1. The lowest BCUT2D eigenvalue weighted by Crippen LogP contribution is -2.29. The normalized spacial score (nSPS) is 15.1. The molecule has 2 atom stereocenters. The first-order chi connectivity index (χ1) is 8.75. The molecule has 108 valence electrons. The van der Waals surface area contributed by atoms with Gasteiger partial charge in [-0.15, -0.1) is 0 Å². The van der Waals surface area contributed by atoms with E-state index in [2.05, 4.69) is 4.72 Å². The van der Waals surface area contributed by atoms with Gasteiger partial charge in [-0.1, -0.05) is 13.0 Å². The SMILES string of the molecule is CC(CCNS(=O)(=O)c1c(N)cccc1F)S(C)=O. The van der Waals surface area contributed by atoms with E-state index in [0.29, 0.717) is 6.42 Å². The number of nitrogen functional groups attached to an aromatic ring is 1. The van der Waals surface area contributed by atoms with Gasteiger partial charge in [0.2, 0.25) is 10.0 Å². The van der Waals surface area contributed by atoms with E-state index in [4.69, 9.17) is 5.73 Å². The van der Waals surface area contributed by atoms with Crippen LogP contribution in [0.1, 0.15) is 13.3 Å². The van der Waals surface area contributed by atoms with Crippen LogP contribution in [0.2, 0.25) is 0 Å². The van der Waals surface area contributed by atoms with Gasteiger partial charge in [0, 0.05) is 28.9 Å². The standard InChI is InChI=1S/C11H17FN2O3S2/c1-8(18(2)15)6-7-14-19(16,17)11-9(12)4-3-5-10(11)13/h3-5,8,14H,6-7,13H2,1-2H3. The molecule has 1 aromatic rings. The third-order valence-corrected chi connectivity index (χ3v) is 5.60. The number of benzene rings is 1. The topological polar surface area (TPSA) is 89.3 Å². The summed E-state index contributed by atoms with van der Waals surface area (Å²) in [6, 6.07) is 3.70. The maximum absolute atomic E-state index is 13.5. The smallest absolute Gasteiger partial charge is 0.245 e. The van der Waals surface area contributed by atoms with Crippen molar-refractivity contribution >= 4 is 26.5 Å². The molecule has 2 unspecified atom stereocenters. The Bertz CT molecular complexity index is 555. The number of hydrogen-bond acceptors (Lipinski definition) is 4. The van der Waals surface area contributed by atoms with Crippen LogP contribution in [0.4, 0.5) is 10.1 Å². The number of nitrogens with one attached hydrogen (secondary N) is 1. The summed E-state index contributed by atoms with van der Waals surface area (Å²) < 4.78 is 50.7. The summed E-state index contributed by atoms with van der Waals surface area (Å²) in [6.45, 7) is 1.83. The van der Waals surface area contributed by atoms with Gasteiger partial charge in [-0.25, -0.2) is 17.5 Å². The number of halogens is 1. The van der Waals surface area contributed by atoms with E-state index in [1.165, 1.54) is 12.1 Å². The van der Waals surface area contributed by atoms with Crippen molar-refractivity contribution < 1.29 is 17.0 Å². The summed E-state index contributed by atoms with van der Waals surface area (Å²) in [6.07, 6.45) is 1.95. The lowest BCUT2D eigenvalue weighted by Gasteiger charge is -2.11. The van der Waals surface area contributed by atoms with Crippen LogP contribution in [-0.2, 0) is 20.8 Å². The van der Waals surface area contributed by atoms with E-state index in [9.17, 15) is 17.0 Å². The fourth-order valence-corrected chi connectivity index (χ4v) is 3.13. The third kappa shape index (κ3) is 4.26. The van der Waals surface area contributed by atoms with E-state index < -0.39 is 31.5 Å². The van der Waals surface area contributed by atoms with Gasteiger partial charge in [-0.05, 0) is 18.6 Å². The van der Waals surface area contributed by atoms with E-state index in [0.717, 1.165) is 6.07 Å². The Labute approximate surface area is 114 Å². The van der Waals surface area contributed by atoms with Gasteiger partial charge in [-0.2, -0.15) is 0 Å². The van der Waals surface area contributed by atoms with Crippen LogP contribution < -0.4 is 10.5 Å². The minimum Gasteiger partial charge on any atom is -0.398 e. The largest absolute Gasteiger partial charge is 0.398 e. The van der Waals surface area contributed by atoms with Crippen LogP contribution in [0.5, 0.6) is 0 Å². The van der Waals surface area contributed by atoms with Crippen molar-refractivity contribution in [2.24, 2.45) is 0 Å². The molecule has 8 heteroatoms. The molecule has 0 aliphatic rings. The Morgan fingerprint density at radius 2 is 2.11 bits per heavy atom. The second kappa shape index (κ2) is 6.44. The molecule has 0 saturated heterocycles. The highest BCUT2D eigenvalue weighted by molar-refractivity contribution is 7.89. The molecule has 3 N–H and O–H groups in total. The summed E-state index contributed by atoms with van der Waals surface area (Å²) >= 11 is 0. The third-order valence-electron chi connectivity index (χ3n) is 2.68. The highest BCUT2D eigenvalue weighted by Crippen LogP contribution is 2.21. The highest BCUT2D eigenvalue weighted by atomic mass is 32.2. The molecule has 0 amide bonds. The fourth-order valence-electron chi connectivity index (χ4n) is 1.44. The summed E-state index contributed by atoms with van der Waals surface area (Å²) in [5.74, 6) is -0.889. The number of rotatable bonds is 6. The first-order valence-corrected chi connectivity index (χ1v) is 8.72. The van der Waals surface area contributed by atoms with Crippen LogP contribution in [0.25, 0.3) is 0 Å². The minimum atomic E-state index is -3.99. The molecule has 0 spiro atoms.